The summed E-state index contributed by atoms with van der Waals surface area (Å²) < 4.78 is 41.3. The molecular formula is C23H24F2N2O4. The van der Waals surface area contributed by atoms with Crippen molar-refractivity contribution in [1.82, 2.24) is 9.55 Å². The highest BCUT2D eigenvalue weighted by molar-refractivity contribution is 5.14. The van der Waals surface area contributed by atoms with Crippen LogP contribution >= 0.6 is 0 Å². The fourth-order valence-corrected chi connectivity index (χ4v) is 3.01. The largest absolute Gasteiger partial charge is 0.373 e. The number of benzene rings is 2. The van der Waals surface area contributed by atoms with Crippen molar-refractivity contribution in [1.29, 1.82) is 0 Å². The average Bonchev–Trinajstić information content (AvgIpc) is 2.77. The maximum absolute atomic E-state index is 15.7. The summed E-state index contributed by atoms with van der Waals surface area (Å²) >= 11 is 0. The second-order valence-corrected chi connectivity index (χ2v) is 7.29. The molecule has 0 saturated carbocycles. The number of hydrogen-bond acceptors (Lipinski definition) is 4. The molecule has 8 heteroatoms. The van der Waals surface area contributed by atoms with Gasteiger partial charge in [-0.2, -0.15) is 4.39 Å². The van der Waals surface area contributed by atoms with Crippen LogP contribution in [0.4, 0.5) is 8.78 Å². The van der Waals surface area contributed by atoms with Gasteiger partial charge in [-0.05, 0) is 11.1 Å². The predicted octanol–water partition coefficient (Wildman–Crippen LogP) is 3.21. The van der Waals surface area contributed by atoms with Crippen LogP contribution in [0.5, 0.6) is 0 Å². The van der Waals surface area contributed by atoms with Crippen LogP contribution in [-0.4, -0.2) is 28.4 Å². The molecule has 0 bridgehead atoms. The molecule has 0 unspecified atom stereocenters. The Hall–Kier alpha value is -3.10. The molecule has 0 saturated heterocycles. The zero-order valence-electron chi connectivity index (χ0n) is 16.9. The van der Waals surface area contributed by atoms with E-state index in [1.165, 1.54) is 0 Å². The number of hydrogen-bond donors (Lipinski definition) is 1. The van der Waals surface area contributed by atoms with Crippen molar-refractivity contribution in [3.8, 4) is 0 Å². The number of aromatic nitrogens is 2. The van der Waals surface area contributed by atoms with Gasteiger partial charge in [-0.25, -0.2) is 9.18 Å². The topological polar surface area (TPSA) is 73.3 Å². The molecule has 1 N–H and O–H groups in total. The molecule has 0 fully saturated rings. The molecule has 3 rings (SSSR count). The van der Waals surface area contributed by atoms with Crippen LogP contribution in [0, 0.1) is 5.82 Å². The Kier molecular flexibility index (Phi) is 7.86. The molecule has 164 valence electrons. The van der Waals surface area contributed by atoms with Crippen LogP contribution in [0.15, 0.2) is 76.4 Å². The van der Waals surface area contributed by atoms with E-state index in [4.69, 9.17) is 9.47 Å². The molecule has 0 amide bonds. The quantitative estimate of drug-likeness (QED) is 0.507. The number of halogens is 2. The van der Waals surface area contributed by atoms with E-state index in [0.29, 0.717) is 0 Å². The van der Waals surface area contributed by atoms with Gasteiger partial charge in [0.1, 0.15) is 0 Å². The van der Waals surface area contributed by atoms with E-state index in [9.17, 15) is 14.0 Å². The second-order valence-electron chi connectivity index (χ2n) is 7.29. The minimum atomic E-state index is -1.92. The van der Waals surface area contributed by atoms with Gasteiger partial charge < -0.3 is 9.47 Å². The molecule has 0 atom stereocenters. The highest BCUT2D eigenvalue weighted by atomic mass is 19.1. The standard InChI is InChI=1S/C23H24F2N2O4/c24-20-13-27(22(29)26-21(20)28)12-11-23(25,16-30-14-18-7-3-1-4-8-18)17-31-15-19-9-5-2-6-10-19/h1-10,13H,11-12,14-17H2,(H,26,28,29). The maximum Gasteiger partial charge on any atom is 0.328 e. The summed E-state index contributed by atoms with van der Waals surface area (Å²) in [6, 6.07) is 18.7. The van der Waals surface area contributed by atoms with Gasteiger partial charge in [-0.3, -0.25) is 14.3 Å². The highest BCUT2D eigenvalue weighted by Gasteiger charge is 2.31. The lowest BCUT2D eigenvalue weighted by Gasteiger charge is -2.25. The van der Waals surface area contributed by atoms with Gasteiger partial charge in [0.15, 0.2) is 5.67 Å². The summed E-state index contributed by atoms with van der Waals surface area (Å²) in [5.74, 6) is -1.11. The van der Waals surface area contributed by atoms with Gasteiger partial charge in [0.25, 0.3) is 5.56 Å². The SMILES string of the molecule is O=c1[nH]c(=O)n(CCC(F)(COCc2ccccc2)COCc2ccccc2)cc1F. The summed E-state index contributed by atoms with van der Waals surface area (Å²) in [4.78, 5) is 24.9. The lowest BCUT2D eigenvalue weighted by molar-refractivity contribution is -0.0594. The third kappa shape index (κ3) is 6.97. The summed E-state index contributed by atoms with van der Waals surface area (Å²) in [6.07, 6.45) is 0.610. The van der Waals surface area contributed by atoms with Crippen molar-refractivity contribution < 1.29 is 18.3 Å². The fourth-order valence-electron chi connectivity index (χ4n) is 3.01. The normalized spacial score (nSPS) is 11.5. The lowest BCUT2D eigenvalue weighted by Crippen LogP contribution is -2.39. The van der Waals surface area contributed by atoms with Crippen LogP contribution in [-0.2, 0) is 29.2 Å². The van der Waals surface area contributed by atoms with E-state index in [2.05, 4.69) is 0 Å². The molecule has 0 aliphatic carbocycles. The van der Waals surface area contributed by atoms with Crippen LogP contribution in [0.25, 0.3) is 0 Å². The van der Waals surface area contributed by atoms with Crippen LogP contribution in [0.3, 0.4) is 0 Å². The smallest absolute Gasteiger partial charge is 0.328 e. The van der Waals surface area contributed by atoms with E-state index >= 15 is 4.39 Å². The van der Waals surface area contributed by atoms with Gasteiger partial charge in [0, 0.05) is 13.0 Å². The fraction of sp³-hybridized carbons (Fsp3) is 0.304. The molecule has 0 aliphatic rings. The van der Waals surface area contributed by atoms with E-state index in [-0.39, 0.29) is 39.4 Å². The molecule has 1 heterocycles. The number of alkyl halides is 1. The Morgan fingerprint density at radius 2 is 1.39 bits per heavy atom. The molecular weight excluding hydrogens is 406 g/mol. The molecule has 0 radical (unpaired) electrons. The van der Waals surface area contributed by atoms with Crippen molar-refractivity contribution >= 4 is 0 Å². The second kappa shape index (κ2) is 10.8. The average molecular weight is 430 g/mol. The van der Waals surface area contributed by atoms with Crippen LogP contribution in [0.2, 0.25) is 0 Å². The molecule has 31 heavy (non-hydrogen) atoms. The number of ether oxygens (including phenoxy) is 2. The summed E-state index contributed by atoms with van der Waals surface area (Å²) in [5, 5.41) is 0. The summed E-state index contributed by atoms with van der Waals surface area (Å²) in [7, 11) is 0. The minimum absolute atomic E-state index is 0.146. The number of H-pyrrole nitrogens is 1. The van der Waals surface area contributed by atoms with Gasteiger partial charge in [0.05, 0.1) is 32.6 Å². The van der Waals surface area contributed by atoms with Crippen molar-refractivity contribution in [2.45, 2.75) is 31.8 Å². The molecule has 0 spiro atoms. The monoisotopic (exact) mass is 430 g/mol. The molecule has 6 nitrogen and oxygen atoms in total. The number of aryl methyl sites for hydroxylation is 1. The Morgan fingerprint density at radius 1 is 0.871 bits per heavy atom. The zero-order valence-corrected chi connectivity index (χ0v) is 16.9. The van der Waals surface area contributed by atoms with Crippen molar-refractivity contribution in [3.05, 3.63) is 105 Å². The Morgan fingerprint density at radius 3 is 1.90 bits per heavy atom. The minimum Gasteiger partial charge on any atom is -0.373 e. The van der Waals surface area contributed by atoms with E-state index in [0.717, 1.165) is 21.9 Å². The van der Waals surface area contributed by atoms with Gasteiger partial charge in [-0.1, -0.05) is 60.7 Å². The molecule has 3 aromatic rings. The van der Waals surface area contributed by atoms with Crippen molar-refractivity contribution in [3.63, 3.8) is 0 Å². The first-order chi connectivity index (χ1) is 15.0. The van der Waals surface area contributed by atoms with E-state index in [1.807, 2.05) is 65.6 Å². The lowest BCUT2D eigenvalue weighted by atomic mass is 10.0. The van der Waals surface area contributed by atoms with Gasteiger partial charge in [0.2, 0.25) is 5.82 Å². The van der Waals surface area contributed by atoms with Gasteiger partial charge >= 0.3 is 5.69 Å². The van der Waals surface area contributed by atoms with Crippen LogP contribution in [0.1, 0.15) is 17.5 Å². The van der Waals surface area contributed by atoms with E-state index < -0.39 is 22.7 Å². The number of aromatic amines is 1. The predicted molar refractivity (Wildman–Crippen MR) is 112 cm³/mol. The third-order valence-corrected chi connectivity index (χ3v) is 4.71. The molecule has 2 aromatic carbocycles. The number of nitrogens with zero attached hydrogens (tertiary/aromatic N) is 1. The van der Waals surface area contributed by atoms with Crippen molar-refractivity contribution in [2.24, 2.45) is 0 Å². The zero-order chi connectivity index (χ0) is 22.1. The Bertz CT molecular complexity index is 1020. The van der Waals surface area contributed by atoms with Crippen LogP contribution < -0.4 is 11.2 Å². The molecule has 1 aromatic heterocycles. The van der Waals surface area contributed by atoms with Gasteiger partial charge in [-0.15, -0.1) is 0 Å². The third-order valence-electron chi connectivity index (χ3n) is 4.71. The van der Waals surface area contributed by atoms with Crippen molar-refractivity contribution in [2.75, 3.05) is 13.2 Å². The first kappa shape index (κ1) is 22.6. The number of nitrogens with one attached hydrogen (secondary N) is 1. The first-order valence-electron chi connectivity index (χ1n) is 9.87. The molecule has 0 aliphatic heterocycles. The maximum atomic E-state index is 15.7. The highest BCUT2D eigenvalue weighted by Crippen LogP contribution is 2.20. The Balaban J connectivity index is 1.64. The Labute approximate surface area is 178 Å². The first-order valence-corrected chi connectivity index (χ1v) is 9.87. The van der Waals surface area contributed by atoms with E-state index in [1.54, 1.807) is 0 Å². The summed E-state index contributed by atoms with van der Waals surface area (Å²) in [5.41, 5.74) is -2.03. The summed E-state index contributed by atoms with van der Waals surface area (Å²) in [6.45, 7) is -0.238. The number of rotatable bonds is 11.